The number of hydrogen-bond donors (Lipinski definition) is 2. The van der Waals surface area contributed by atoms with Gasteiger partial charge in [0.2, 0.25) is 11.8 Å². The Kier molecular flexibility index (Phi) is 7.48. The first-order valence-corrected chi connectivity index (χ1v) is 8.06. The van der Waals surface area contributed by atoms with E-state index in [0.29, 0.717) is 18.2 Å². The van der Waals surface area contributed by atoms with Crippen LogP contribution in [0.5, 0.6) is 5.88 Å². The van der Waals surface area contributed by atoms with Gasteiger partial charge < -0.3 is 20.1 Å². The average Bonchev–Trinajstić information content (AvgIpc) is 2.46. The molecule has 1 amide bonds. The van der Waals surface area contributed by atoms with Gasteiger partial charge in [-0.25, -0.2) is 9.78 Å². The molecule has 7 nitrogen and oxygen atoms in total. The molecule has 0 aliphatic heterocycles. The zero-order valence-electron chi connectivity index (χ0n) is 15.3. The van der Waals surface area contributed by atoms with Crippen LogP contribution in [0.2, 0.25) is 0 Å². The molecule has 0 aromatic carbocycles. The fourth-order valence-electron chi connectivity index (χ4n) is 1.86. The Morgan fingerprint density at radius 2 is 2.12 bits per heavy atom. The number of alkyl carbamates (subject to hydrolysis) is 1. The highest BCUT2D eigenvalue weighted by molar-refractivity contribution is 5.68. The highest BCUT2D eigenvalue weighted by Gasteiger charge is 2.17. The van der Waals surface area contributed by atoms with Gasteiger partial charge in [-0.2, -0.15) is 4.98 Å². The van der Waals surface area contributed by atoms with E-state index in [1.165, 1.54) is 0 Å². The topological polar surface area (TPSA) is 85.4 Å². The van der Waals surface area contributed by atoms with E-state index in [4.69, 9.17) is 9.47 Å². The van der Waals surface area contributed by atoms with E-state index in [1.54, 1.807) is 13.3 Å². The number of carbonyl (C=O) groups excluding carboxylic acids is 1. The summed E-state index contributed by atoms with van der Waals surface area (Å²) in [5.41, 5.74) is 0.280. The van der Waals surface area contributed by atoms with Crippen LogP contribution < -0.4 is 15.4 Å². The van der Waals surface area contributed by atoms with Crippen molar-refractivity contribution in [3.8, 4) is 5.88 Å². The molecule has 7 heteroatoms. The van der Waals surface area contributed by atoms with E-state index >= 15 is 0 Å². The summed E-state index contributed by atoms with van der Waals surface area (Å²) < 4.78 is 10.5. The van der Waals surface area contributed by atoms with Crippen LogP contribution in [0.15, 0.2) is 12.3 Å². The largest absolute Gasteiger partial charge is 0.480 e. The van der Waals surface area contributed by atoms with Crippen LogP contribution >= 0.6 is 0 Å². The van der Waals surface area contributed by atoms with Crippen molar-refractivity contribution in [2.45, 2.75) is 52.7 Å². The zero-order chi connectivity index (χ0) is 18.2. The van der Waals surface area contributed by atoms with Crippen LogP contribution in [-0.2, 0) is 4.74 Å². The molecule has 24 heavy (non-hydrogen) atoms. The quantitative estimate of drug-likeness (QED) is 0.795. The molecule has 134 valence electrons. The third-order valence-corrected chi connectivity index (χ3v) is 2.86. The molecule has 0 spiro atoms. The molecule has 0 unspecified atom stereocenters. The molecular weight excluding hydrogens is 308 g/mol. The maximum Gasteiger partial charge on any atom is 0.407 e. The summed E-state index contributed by atoms with van der Waals surface area (Å²) in [5, 5.41) is 5.83. The number of ether oxygens (including phenoxy) is 2. The maximum atomic E-state index is 11.7. The molecule has 0 bridgehead atoms. The number of methoxy groups -OCH3 is 1. The molecular formula is C17H28N4O3. The summed E-state index contributed by atoms with van der Waals surface area (Å²) >= 11 is 0. The SMILES string of the molecule is CCNc1ncc(/C=C/C[C@H](C)NC(=O)OC(C)(C)C)c(OC)n1. The second-order valence-electron chi connectivity index (χ2n) is 6.37. The van der Waals surface area contributed by atoms with Crippen LogP contribution in [0, 0.1) is 0 Å². The molecule has 0 saturated heterocycles. The van der Waals surface area contributed by atoms with Crippen LogP contribution in [0.4, 0.5) is 10.7 Å². The van der Waals surface area contributed by atoms with Crippen molar-refractivity contribution in [3.63, 3.8) is 0 Å². The number of carbonyl (C=O) groups is 1. The molecule has 2 N–H and O–H groups in total. The summed E-state index contributed by atoms with van der Waals surface area (Å²) in [6, 6.07) is -0.0518. The van der Waals surface area contributed by atoms with Crippen LogP contribution in [-0.4, -0.2) is 41.4 Å². The first-order chi connectivity index (χ1) is 11.2. The molecule has 1 aromatic rings. The van der Waals surface area contributed by atoms with Gasteiger partial charge in [-0.15, -0.1) is 0 Å². The summed E-state index contributed by atoms with van der Waals surface area (Å²) in [6.07, 6.45) is 5.75. The smallest absolute Gasteiger partial charge is 0.407 e. The molecule has 1 heterocycles. The summed E-state index contributed by atoms with van der Waals surface area (Å²) in [6.45, 7) is 10.1. The minimum Gasteiger partial charge on any atom is -0.480 e. The molecule has 0 aliphatic carbocycles. The maximum absolute atomic E-state index is 11.7. The molecule has 1 rings (SSSR count). The fourth-order valence-corrected chi connectivity index (χ4v) is 1.86. The Bertz CT molecular complexity index is 567. The Morgan fingerprint density at radius 3 is 2.71 bits per heavy atom. The Morgan fingerprint density at radius 1 is 1.42 bits per heavy atom. The summed E-state index contributed by atoms with van der Waals surface area (Å²) in [4.78, 5) is 20.2. The number of nitrogens with zero attached hydrogens (tertiary/aromatic N) is 2. The van der Waals surface area contributed by atoms with Crippen molar-refractivity contribution in [1.82, 2.24) is 15.3 Å². The van der Waals surface area contributed by atoms with Gasteiger partial charge in [0.05, 0.1) is 12.7 Å². The van der Waals surface area contributed by atoms with E-state index in [-0.39, 0.29) is 6.04 Å². The first-order valence-electron chi connectivity index (χ1n) is 8.06. The van der Waals surface area contributed by atoms with Gasteiger partial charge in [0.15, 0.2) is 0 Å². The average molecular weight is 336 g/mol. The van der Waals surface area contributed by atoms with Crippen molar-refractivity contribution in [1.29, 1.82) is 0 Å². The van der Waals surface area contributed by atoms with Gasteiger partial charge in [0.1, 0.15) is 5.60 Å². The van der Waals surface area contributed by atoms with E-state index < -0.39 is 11.7 Å². The number of rotatable bonds is 7. The fraction of sp³-hybridized carbons (Fsp3) is 0.588. The molecule has 0 fully saturated rings. The second kappa shape index (κ2) is 9.10. The van der Waals surface area contributed by atoms with Gasteiger partial charge in [-0.3, -0.25) is 0 Å². The zero-order valence-corrected chi connectivity index (χ0v) is 15.3. The number of anilines is 1. The lowest BCUT2D eigenvalue weighted by molar-refractivity contribution is 0.0509. The molecule has 0 radical (unpaired) electrons. The highest BCUT2D eigenvalue weighted by Crippen LogP contribution is 2.18. The van der Waals surface area contributed by atoms with Crippen LogP contribution in [0.1, 0.15) is 46.6 Å². The van der Waals surface area contributed by atoms with Crippen molar-refractivity contribution >= 4 is 18.1 Å². The van der Waals surface area contributed by atoms with Crippen molar-refractivity contribution in [2.75, 3.05) is 19.0 Å². The van der Waals surface area contributed by atoms with E-state index in [0.717, 1.165) is 12.1 Å². The van der Waals surface area contributed by atoms with Gasteiger partial charge in [-0.1, -0.05) is 12.2 Å². The molecule has 0 aliphatic rings. The first kappa shape index (κ1) is 19.7. The summed E-state index contributed by atoms with van der Waals surface area (Å²) in [7, 11) is 1.57. The normalized spacial score (nSPS) is 12.8. The molecule has 1 aromatic heterocycles. The van der Waals surface area contributed by atoms with Crippen molar-refractivity contribution in [2.24, 2.45) is 0 Å². The highest BCUT2D eigenvalue weighted by atomic mass is 16.6. The van der Waals surface area contributed by atoms with Crippen LogP contribution in [0.25, 0.3) is 6.08 Å². The lowest BCUT2D eigenvalue weighted by Gasteiger charge is -2.21. The molecule has 0 saturated carbocycles. The van der Waals surface area contributed by atoms with Gasteiger partial charge in [0, 0.05) is 18.8 Å². The summed E-state index contributed by atoms with van der Waals surface area (Å²) in [5.74, 6) is 1.04. The molecule has 1 atom stereocenters. The number of hydrogen-bond acceptors (Lipinski definition) is 6. The minimum atomic E-state index is -0.501. The van der Waals surface area contributed by atoms with E-state index in [9.17, 15) is 4.79 Å². The lowest BCUT2D eigenvalue weighted by Crippen LogP contribution is -2.37. The van der Waals surface area contributed by atoms with E-state index in [2.05, 4.69) is 20.6 Å². The monoisotopic (exact) mass is 336 g/mol. The third kappa shape index (κ3) is 7.30. The third-order valence-electron chi connectivity index (χ3n) is 2.86. The van der Waals surface area contributed by atoms with Crippen molar-refractivity contribution in [3.05, 3.63) is 17.8 Å². The predicted molar refractivity (Wildman–Crippen MR) is 95.2 cm³/mol. The minimum absolute atomic E-state index is 0.0518. The number of aromatic nitrogens is 2. The second-order valence-corrected chi connectivity index (χ2v) is 6.37. The Hall–Kier alpha value is -2.31. The van der Waals surface area contributed by atoms with Gasteiger partial charge >= 0.3 is 6.09 Å². The van der Waals surface area contributed by atoms with Gasteiger partial charge in [-0.05, 0) is 41.0 Å². The number of nitrogens with one attached hydrogen (secondary N) is 2. The van der Waals surface area contributed by atoms with Crippen LogP contribution in [0.3, 0.4) is 0 Å². The Labute approximate surface area is 143 Å². The lowest BCUT2D eigenvalue weighted by atomic mass is 10.2. The predicted octanol–water partition coefficient (Wildman–Crippen LogP) is 3.23. The number of amides is 1. The Balaban J connectivity index is 2.58. The standard InChI is InChI=1S/C17H28N4O3/c1-7-18-15-19-11-13(14(21-15)23-6)10-8-9-12(2)20-16(22)24-17(3,4)5/h8,10-12H,7,9H2,1-6H3,(H,20,22)(H,18,19,21)/b10-8+/t12-/m0/s1. The van der Waals surface area contributed by atoms with Crippen molar-refractivity contribution < 1.29 is 14.3 Å². The van der Waals surface area contributed by atoms with E-state index in [1.807, 2.05) is 46.8 Å². The van der Waals surface area contributed by atoms with Gasteiger partial charge in [0.25, 0.3) is 0 Å².